The lowest BCUT2D eigenvalue weighted by Crippen LogP contribution is -2.45. The molecule has 40 heavy (non-hydrogen) atoms. The zero-order chi connectivity index (χ0) is 28.0. The average molecular weight is 552 g/mol. The second-order valence-electron chi connectivity index (χ2n) is 11.1. The summed E-state index contributed by atoms with van der Waals surface area (Å²) in [5, 5.41) is 19.7. The van der Waals surface area contributed by atoms with E-state index in [4.69, 9.17) is 9.15 Å². The van der Waals surface area contributed by atoms with E-state index in [0.717, 1.165) is 16.8 Å². The van der Waals surface area contributed by atoms with Gasteiger partial charge in [-0.25, -0.2) is 23.4 Å². The minimum absolute atomic E-state index is 0.0101. The molecular formula is C26H27F2N9O3. The fourth-order valence-corrected chi connectivity index (χ4v) is 4.61. The maximum absolute atomic E-state index is 13.5. The van der Waals surface area contributed by atoms with Crippen LogP contribution in [0, 0.1) is 17.0 Å². The Hall–Kier alpha value is -4.49. The number of carbonyl (C=O) groups excluding carboxylic acids is 1. The lowest BCUT2D eigenvalue weighted by atomic mass is 9.97. The van der Waals surface area contributed by atoms with Crippen molar-refractivity contribution in [2.75, 3.05) is 23.3 Å². The molecule has 14 heteroatoms. The zero-order valence-corrected chi connectivity index (χ0v) is 22.1. The minimum atomic E-state index is -0.833. The molecule has 0 spiro atoms. The van der Waals surface area contributed by atoms with Crippen molar-refractivity contribution in [3.05, 3.63) is 59.2 Å². The molecule has 0 bridgehead atoms. The van der Waals surface area contributed by atoms with Crippen LogP contribution in [-0.4, -0.2) is 60.3 Å². The SMILES string of the molecule is CC(C)(C)C(=O)OCn1cc(C2CN(c3nnc(-c4cnc(NC5Cc6cc(F)c(F)cc6C5)cn4)o3)C2)nn1. The molecule has 0 saturated carbocycles. The first kappa shape index (κ1) is 25.8. The van der Waals surface area contributed by atoms with Gasteiger partial charge in [0.25, 0.3) is 5.89 Å². The molecule has 0 radical (unpaired) electrons. The van der Waals surface area contributed by atoms with E-state index >= 15 is 0 Å². The van der Waals surface area contributed by atoms with Crippen molar-refractivity contribution in [2.24, 2.45) is 5.41 Å². The van der Waals surface area contributed by atoms with Gasteiger partial charge < -0.3 is 19.4 Å². The summed E-state index contributed by atoms with van der Waals surface area (Å²) in [5.74, 6) is -1.07. The third-order valence-electron chi connectivity index (χ3n) is 6.88. The molecule has 3 aromatic heterocycles. The summed E-state index contributed by atoms with van der Waals surface area (Å²) in [6.45, 7) is 6.62. The quantitative estimate of drug-likeness (QED) is 0.339. The number of nitrogens with one attached hydrogen (secondary N) is 1. The third-order valence-corrected chi connectivity index (χ3v) is 6.88. The number of aromatic nitrogens is 7. The van der Waals surface area contributed by atoms with Crippen molar-refractivity contribution in [2.45, 2.75) is 52.3 Å². The molecule has 12 nitrogen and oxygen atoms in total. The molecule has 1 fully saturated rings. The van der Waals surface area contributed by atoms with Crippen LogP contribution in [0.25, 0.3) is 11.6 Å². The summed E-state index contributed by atoms with van der Waals surface area (Å²) in [4.78, 5) is 22.6. The molecule has 1 aliphatic heterocycles. The number of hydrogen-bond donors (Lipinski definition) is 1. The summed E-state index contributed by atoms with van der Waals surface area (Å²) >= 11 is 0. The summed E-state index contributed by atoms with van der Waals surface area (Å²) in [6.07, 6.45) is 6.00. The Morgan fingerprint density at radius 1 is 1.07 bits per heavy atom. The molecule has 1 N–H and O–H groups in total. The van der Waals surface area contributed by atoms with E-state index in [-0.39, 0.29) is 30.6 Å². The van der Waals surface area contributed by atoms with Gasteiger partial charge in [-0.3, -0.25) is 4.79 Å². The van der Waals surface area contributed by atoms with Crippen molar-refractivity contribution in [3.63, 3.8) is 0 Å². The molecule has 4 heterocycles. The van der Waals surface area contributed by atoms with E-state index in [2.05, 4.69) is 35.8 Å². The van der Waals surface area contributed by atoms with Crippen LogP contribution in [0.15, 0.2) is 35.1 Å². The minimum Gasteiger partial charge on any atom is -0.442 e. The number of hydrogen-bond acceptors (Lipinski definition) is 11. The molecule has 1 saturated heterocycles. The monoisotopic (exact) mass is 551 g/mol. The van der Waals surface area contributed by atoms with Crippen molar-refractivity contribution < 1.29 is 22.7 Å². The Morgan fingerprint density at radius 3 is 2.45 bits per heavy atom. The highest BCUT2D eigenvalue weighted by atomic mass is 19.2. The van der Waals surface area contributed by atoms with Crippen molar-refractivity contribution in [1.29, 1.82) is 0 Å². The van der Waals surface area contributed by atoms with Crippen molar-refractivity contribution in [1.82, 2.24) is 35.2 Å². The Morgan fingerprint density at radius 2 is 1.80 bits per heavy atom. The standard InChI is InChI=1S/C26H27F2N9O3/c1-26(2,3)24(38)39-13-37-12-21(32-35-37)16-10-36(11-16)25-34-33-23(40-25)20-8-30-22(9-29-20)31-17-4-14-6-18(27)19(28)7-15(14)5-17/h6-9,12,16-17H,4-5,10-11,13H2,1-3H3,(H,30,31). The number of rotatable bonds is 7. The number of nitrogens with zero attached hydrogens (tertiary/aromatic N) is 8. The lowest BCUT2D eigenvalue weighted by Gasteiger charge is -2.36. The van der Waals surface area contributed by atoms with Gasteiger partial charge in [-0.2, -0.15) is 0 Å². The van der Waals surface area contributed by atoms with Crippen molar-refractivity contribution in [3.8, 4) is 11.6 Å². The molecule has 0 unspecified atom stereocenters. The highest BCUT2D eigenvalue weighted by molar-refractivity contribution is 5.75. The Balaban J connectivity index is 1.01. The highest BCUT2D eigenvalue weighted by Crippen LogP contribution is 2.31. The summed E-state index contributed by atoms with van der Waals surface area (Å²) in [6, 6.07) is 2.84. The van der Waals surface area contributed by atoms with E-state index in [0.29, 0.717) is 43.5 Å². The molecular weight excluding hydrogens is 524 g/mol. The highest BCUT2D eigenvalue weighted by Gasteiger charge is 2.34. The molecule has 6 rings (SSSR count). The van der Waals surface area contributed by atoms with Crippen molar-refractivity contribution >= 4 is 17.8 Å². The van der Waals surface area contributed by atoms with Gasteiger partial charge >= 0.3 is 12.0 Å². The number of fused-ring (bicyclic) bond motifs is 1. The number of anilines is 2. The van der Waals surface area contributed by atoms with Gasteiger partial charge in [0.1, 0.15) is 11.5 Å². The maximum atomic E-state index is 13.5. The first-order valence-corrected chi connectivity index (χ1v) is 12.8. The number of esters is 1. The van der Waals surface area contributed by atoms with E-state index in [9.17, 15) is 13.6 Å². The number of ether oxygens (including phenoxy) is 1. The number of carbonyl (C=O) groups is 1. The van der Waals surface area contributed by atoms with E-state index in [1.165, 1.54) is 23.0 Å². The fourth-order valence-electron chi connectivity index (χ4n) is 4.61. The normalized spacial score (nSPS) is 15.7. The van der Waals surface area contributed by atoms with Gasteiger partial charge in [-0.15, -0.1) is 10.2 Å². The van der Waals surface area contributed by atoms with Gasteiger partial charge in [0.15, 0.2) is 18.4 Å². The average Bonchev–Trinajstić information content (AvgIpc) is 3.63. The summed E-state index contributed by atoms with van der Waals surface area (Å²) in [5.41, 5.74) is 2.21. The summed E-state index contributed by atoms with van der Waals surface area (Å²) in [7, 11) is 0. The number of benzene rings is 1. The van der Waals surface area contributed by atoms with Crippen LogP contribution < -0.4 is 10.2 Å². The smallest absolute Gasteiger partial charge is 0.318 e. The van der Waals surface area contributed by atoms with Crippen LogP contribution in [0.2, 0.25) is 0 Å². The van der Waals surface area contributed by atoms with Crippen LogP contribution in [0.4, 0.5) is 20.6 Å². The summed E-state index contributed by atoms with van der Waals surface area (Å²) < 4.78 is 39.6. The van der Waals surface area contributed by atoms with E-state index in [1.807, 2.05) is 4.90 Å². The van der Waals surface area contributed by atoms with Gasteiger partial charge in [0.05, 0.1) is 29.7 Å². The van der Waals surface area contributed by atoms with Gasteiger partial charge in [-0.05, 0) is 56.9 Å². The molecule has 2 aliphatic rings. The molecule has 0 atom stereocenters. The van der Waals surface area contributed by atoms with Crippen LogP contribution in [0.3, 0.4) is 0 Å². The topological polar surface area (TPSA) is 137 Å². The largest absolute Gasteiger partial charge is 0.442 e. The second-order valence-corrected chi connectivity index (χ2v) is 11.1. The first-order valence-electron chi connectivity index (χ1n) is 12.8. The fraction of sp³-hybridized carbons (Fsp3) is 0.423. The van der Waals surface area contributed by atoms with Gasteiger partial charge in [-0.1, -0.05) is 10.3 Å². The lowest BCUT2D eigenvalue weighted by molar-refractivity contribution is -0.157. The van der Waals surface area contributed by atoms with Gasteiger partial charge in [0, 0.05) is 25.0 Å². The molecule has 4 aromatic rings. The Bertz CT molecular complexity index is 1510. The predicted octanol–water partition coefficient (Wildman–Crippen LogP) is 3.13. The maximum Gasteiger partial charge on any atom is 0.318 e. The van der Waals surface area contributed by atoms with E-state index < -0.39 is 17.0 Å². The Labute approximate surface area is 227 Å². The van der Waals surface area contributed by atoms with Crippen LogP contribution in [-0.2, 0) is 29.1 Å². The van der Waals surface area contributed by atoms with Crippen LogP contribution in [0.5, 0.6) is 0 Å². The molecule has 208 valence electrons. The molecule has 1 aromatic carbocycles. The number of halogens is 2. The molecule has 0 amide bonds. The van der Waals surface area contributed by atoms with Gasteiger partial charge in [0.2, 0.25) is 0 Å². The van der Waals surface area contributed by atoms with E-state index in [1.54, 1.807) is 33.2 Å². The predicted molar refractivity (Wildman–Crippen MR) is 137 cm³/mol. The zero-order valence-electron chi connectivity index (χ0n) is 22.1. The molecule has 1 aliphatic carbocycles. The third kappa shape index (κ3) is 5.20. The Kier molecular flexibility index (Phi) is 6.39. The van der Waals surface area contributed by atoms with Crippen LogP contribution in [0.1, 0.15) is 43.5 Å². The van der Waals surface area contributed by atoms with Crippen LogP contribution >= 0.6 is 0 Å². The first-order chi connectivity index (χ1) is 19.1. The second kappa shape index (κ2) is 9.92.